The van der Waals surface area contributed by atoms with E-state index < -0.39 is 0 Å². The van der Waals surface area contributed by atoms with Gasteiger partial charge in [-0.1, -0.05) is 31.4 Å². The van der Waals surface area contributed by atoms with Gasteiger partial charge in [0, 0.05) is 32.2 Å². The van der Waals surface area contributed by atoms with Crippen LogP contribution in [0.3, 0.4) is 0 Å². The van der Waals surface area contributed by atoms with Gasteiger partial charge in [-0.05, 0) is 36.5 Å². The zero-order valence-corrected chi connectivity index (χ0v) is 14.7. The molecule has 3 nitrogen and oxygen atoms in total. The number of piperazine rings is 1. The van der Waals surface area contributed by atoms with E-state index in [0.29, 0.717) is 11.8 Å². The number of aromatic hydroxyl groups is 1. The van der Waals surface area contributed by atoms with Crippen LogP contribution >= 0.6 is 24.8 Å². The van der Waals surface area contributed by atoms with Crippen LogP contribution in [0.4, 0.5) is 0 Å². The van der Waals surface area contributed by atoms with E-state index in [-0.39, 0.29) is 24.8 Å². The normalized spacial score (nSPS) is 21.5. The second-order valence-electron chi connectivity index (χ2n) is 6.22. The molecule has 0 aromatic heterocycles. The number of nitrogens with one attached hydrogen (secondary N) is 1. The quantitative estimate of drug-likeness (QED) is 0.874. The van der Waals surface area contributed by atoms with Crippen molar-refractivity contribution in [2.24, 2.45) is 5.92 Å². The second kappa shape index (κ2) is 9.61. The molecule has 1 saturated carbocycles. The van der Waals surface area contributed by atoms with Crippen molar-refractivity contribution in [1.29, 1.82) is 0 Å². The Bertz CT molecular complexity index is 397. The van der Waals surface area contributed by atoms with E-state index in [1.165, 1.54) is 37.7 Å². The summed E-state index contributed by atoms with van der Waals surface area (Å²) in [5.74, 6) is 1.16. The topological polar surface area (TPSA) is 35.5 Å². The van der Waals surface area contributed by atoms with E-state index in [4.69, 9.17) is 0 Å². The molecule has 126 valence electrons. The highest BCUT2D eigenvalue weighted by molar-refractivity contribution is 5.85. The molecule has 1 aromatic rings. The van der Waals surface area contributed by atoms with Crippen molar-refractivity contribution in [2.45, 2.75) is 38.1 Å². The lowest BCUT2D eigenvalue weighted by Crippen LogP contribution is -2.47. The minimum atomic E-state index is 0. The number of hydrogen-bond acceptors (Lipinski definition) is 3. The third-order valence-electron chi connectivity index (χ3n) is 4.88. The van der Waals surface area contributed by atoms with Gasteiger partial charge in [0.2, 0.25) is 0 Å². The van der Waals surface area contributed by atoms with Gasteiger partial charge in [0.05, 0.1) is 0 Å². The molecular formula is C17H28Cl2N2O. The molecule has 3 rings (SSSR count). The van der Waals surface area contributed by atoms with Gasteiger partial charge in [0.25, 0.3) is 0 Å². The summed E-state index contributed by atoms with van der Waals surface area (Å²) >= 11 is 0. The summed E-state index contributed by atoms with van der Waals surface area (Å²) in [5.41, 5.74) is 1.39. The van der Waals surface area contributed by atoms with Crippen LogP contribution in [0, 0.1) is 5.92 Å². The molecule has 2 N–H and O–H groups in total. The Hall–Kier alpha value is -0.480. The summed E-state index contributed by atoms with van der Waals surface area (Å²) in [6.45, 7) is 4.48. The Labute approximate surface area is 146 Å². The van der Waals surface area contributed by atoms with Crippen molar-refractivity contribution in [3.8, 4) is 5.75 Å². The molecule has 0 amide bonds. The minimum absolute atomic E-state index is 0. The number of phenolic OH excluding ortho intramolecular Hbond substituents is 1. The first-order valence-electron chi connectivity index (χ1n) is 8.08. The third-order valence-corrected chi connectivity index (χ3v) is 4.88. The third kappa shape index (κ3) is 4.76. The molecule has 1 heterocycles. The lowest BCUT2D eigenvalue weighted by molar-refractivity contribution is 0.103. The van der Waals surface area contributed by atoms with Crippen molar-refractivity contribution in [1.82, 2.24) is 10.2 Å². The molecule has 0 unspecified atom stereocenters. The first-order chi connectivity index (χ1) is 9.84. The molecule has 0 radical (unpaired) electrons. The van der Waals surface area contributed by atoms with E-state index in [1.807, 2.05) is 12.1 Å². The minimum Gasteiger partial charge on any atom is -0.508 e. The SMILES string of the molecule is Cl.Cl.Oc1ccc([C@@H](C2CCCCC2)N2CCNCC2)cc1. The van der Waals surface area contributed by atoms with Gasteiger partial charge < -0.3 is 10.4 Å². The van der Waals surface area contributed by atoms with Crippen molar-refractivity contribution in [2.75, 3.05) is 26.2 Å². The largest absolute Gasteiger partial charge is 0.508 e. The predicted octanol–water partition coefficient (Wildman–Crippen LogP) is 3.76. The lowest BCUT2D eigenvalue weighted by Gasteiger charge is -2.41. The molecule has 0 bridgehead atoms. The molecule has 5 heteroatoms. The molecule has 1 aliphatic heterocycles. The second-order valence-corrected chi connectivity index (χ2v) is 6.22. The van der Waals surface area contributed by atoms with Crippen LogP contribution in [-0.4, -0.2) is 36.2 Å². The van der Waals surface area contributed by atoms with Crippen molar-refractivity contribution >= 4 is 24.8 Å². The van der Waals surface area contributed by atoms with Gasteiger partial charge in [0.15, 0.2) is 0 Å². The van der Waals surface area contributed by atoms with Crippen LogP contribution in [0.15, 0.2) is 24.3 Å². The van der Waals surface area contributed by atoms with Crippen LogP contribution in [0.2, 0.25) is 0 Å². The van der Waals surface area contributed by atoms with Gasteiger partial charge in [-0.2, -0.15) is 0 Å². The molecule has 2 fully saturated rings. The molecule has 0 spiro atoms. The molecule has 1 aliphatic carbocycles. The maximum Gasteiger partial charge on any atom is 0.115 e. The number of phenols is 1. The Morgan fingerprint density at radius 3 is 2.14 bits per heavy atom. The van der Waals surface area contributed by atoms with E-state index >= 15 is 0 Å². The summed E-state index contributed by atoms with van der Waals surface area (Å²) in [6.07, 6.45) is 6.88. The van der Waals surface area contributed by atoms with Gasteiger partial charge in [-0.15, -0.1) is 24.8 Å². The predicted molar refractivity (Wildman–Crippen MR) is 96.4 cm³/mol. The zero-order valence-electron chi connectivity index (χ0n) is 13.0. The van der Waals surface area contributed by atoms with Gasteiger partial charge in [-0.25, -0.2) is 0 Å². The maximum atomic E-state index is 9.54. The van der Waals surface area contributed by atoms with Crippen molar-refractivity contribution < 1.29 is 5.11 Å². The van der Waals surface area contributed by atoms with E-state index in [9.17, 15) is 5.11 Å². The first kappa shape index (κ1) is 19.6. The summed E-state index contributed by atoms with van der Waals surface area (Å²) in [5, 5.41) is 13.0. The smallest absolute Gasteiger partial charge is 0.115 e. The molecule has 22 heavy (non-hydrogen) atoms. The molecule has 1 atom stereocenters. The Balaban J connectivity index is 0.00000121. The molecular weight excluding hydrogens is 319 g/mol. The summed E-state index contributed by atoms with van der Waals surface area (Å²) in [7, 11) is 0. The highest BCUT2D eigenvalue weighted by Gasteiger charge is 2.30. The molecule has 1 saturated heterocycles. The number of benzene rings is 1. The first-order valence-corrected chi connectivity index (χ1v) is 8.08. The zero-order chi connectivity index (χ0) is 13.8. The summed E-state index contributed by atoms with van der Waals surface area (Å²) < 4.78 is 0. The van der Waals surface area contributed by atoms with E-state index in [1.54, 1.807) is 0 Å². The van der Waals surface area contributed by atoms with Crippen LogP contribution in [-0.2, 0) is 0 Å². The lowest BCUT2D eigenvalue weighted by atomic mass is 9.80. The van der Waals surface area contributed by atoms with Crippen LogP contribution in [0.25, 0.3) is 0 Å². The monoisotopic (exact) mass is 346 g/mol. The highest BCUT2D eigenvalue weighted by atomic mass is 35.5. The van der Waals surface area contributed by atoms with Crippen molar-refractivity contribution in [3.63, 3.8) is 0 Å². The van der Waals surface area contributed by atoms with Crippen molar-refractivity contribution in [3.05, 3.63) is 29.8 Å². The Kier molecular flexibility index (Phi) is 8.55. The number of rotatable bonds is 3. The highest BCUT2D eigenvalue weighted by Crippen LogP contribution is 2.38. The number of nitrogens with zero attached hydrogens (tertiary/aromatic N) is 1. The molecule has 1 aromatic carbocycles. The summed E-state index contributed by atoms with van der Waals surface area (Å²) in [4.78, 5) is 2.65. The summed E-state index contributed by atoms with van der Waals surface area (Å²) in [6, 6.07) is 8.46. The van der Waals surface area contributed by atoms with Gasteiger partial charge in [0.1, 0.15) is 5.75 Å². The van der Waals surface area contributed by atoms with E-state index in [0.717, 1.165) is 32.1 Å². The fraction of sp³-hybridized carbons (Fsp3) is 0.647. The van der Waals surface area contributed by atoms with E-state index in [2.05, 4.69) is 22.3 Å². The maximum absolute atomic E-state index is 9.54. The standard InChI is InChI=1S/C17H26N2O.2ClH/c20-16-8-6-15(7-9-16)17(14-4-2-1-3-5-14)19-12-10-18-11-13-19;;/h6-9,14,17-18,20H,1-5,10-13H2;2*1H/t17-;;/m1../s1. The van der Waals surface area contributed by atoms with Gasteiger partial charge >= 0.3 is 0 Å². The fourth-order valence-corrected chi connectivity index (χ4v) is 3.86. The Morgan fingerprint density at radius 2 is 1.55 bits per heavy atom. The van der Waals surface area contributed by atoms with Crippen LogP contribution in [0.1, 0.15) is 43.7 Å². The fourth-order valence-electron chi connectivity index (χ4n) is 3.86. The van der Waals surface area contributed by atoms with Crippen LogP contribution in [0.5, 0.6) is 5.75 Å². The molecule has 2 aliphatic rings. The van der Waals surface area contributed by atoms with Crippen LogP contribution < -0.4 is 5.32 Å². The average Bonchev–Trinajstić information content (AvgIpc) is 2.52. The number of halogens is 2. The number of hydrogen-bond donors (Lipinski definition) is 2. The van der Waals surface area contributed by atoms with Gasteiger partial charge in [-0.3, -0.25) is 4.90 Å². The Morgan fingerprint density at radius 1 is 0.955 bits per heavy atom. The average molecular weight is 347 g/mol.